The summed E-state index contributed by atoms with van der Waals surface area (Å²) in [4.78, 5) is 16.5. The zero-order valence-corrected chi connectivity index (χ0v) is 18.8. The number of carbonyl (C=O) groups is 1. The van der Waals surface area contributed by atoms with Crippen molar-refractivity contribution < 1.29 is 22.0 Å². The van der Waals surface area contributed by atoms with Crippen LogP contribution in [0.15, 0.2) is 84.3 Å². The molecule has 0 atom stereocenters. The van der Waals surface area contributed by atoms with Gasteiger partial charge < -0.3 is 9.88 Å². The number of carbonyl (C=O) groups excluding carboxylic acids is 1. The number of aromatic nitrogens is 2. The molecule has 10 heteroatoms. The summed E-state index contributed by atoms with van der Waals surface area (Å²) in [5.74, 6) is -1.73. The van der Waals surface area contributed by atoms with Crippen LogP contribution in [0.2, 0.25) is 0 Å². The van der Waals surface area contributed by atoms with E-state index in [1.807, 2.05) is 0 Å². The molecule has 4 aromatic rings. The minimum absolute atomic E-state index is 0.0316. The van der Waals surface area contributed by atoms with E-state index in [0.29, 0.717) is 16.8 Å². The summed E-state index contributed by atoms with van der Waals surface area (Å²) in [7, 11) is -4.13. The first kappa shape index (κ1) is 23.1. The van der Waals surface area contributed by atoms with Gasteiger partial charge in [0.1, 0.15) is 11.6 Å². The third-order valence-corrected chi connectivity index (χ3v) is 6.49. The highest BCUT2D eigenvalue weighted by molar-refractivity contribution is 7.92. The molecule has 0 saturated carbocycles. The lowest BCUT2D eigenvalue weighted by Gasteiger charge is -2.13. The maximum absolute atomic E-state index is 14.5. The molecule has 1 amide bonds. The van der Waals surface area contributed by atoms with Crippen molar-refractivity contribution in [1.29, 1.82) is 0 Å². The Labute approximate surface area is 195 Å². The topological polar surface area (TPSA) is 93.1 Å². The van der Waals surface area contributed by atoms with Crippen LogP contribution in [0.4, 0.5) is 14.5 Å². The van der Waals surface area contributed by atoms with Gasteiger partial charge >= 0.3 is 0 Å². The molecule has 1 aromatic heterocycles. The molecule has 0 saturated heterocycles. The SMILES string of the molecule is Cc1ccc(S(=O)(=O)Nc2ccccc2F)cc1C(=O)NCc1ccc(-n2ccnc2)c(F)c1. The molecule has 0 aliphatic rings. The Morgan fingerprint density at radius 1 is 1.03 bits per heavy atom. The first-order chi connectivity index (χ1) is 16.2. The van der Waals surface area contributed by atoms with Crippen LogP contribution in [0.1, 0.15) is 21.5 Å². The molecule has 1 heterocycles. The number of hydrogen-bond acceptors (Lipinski definition) is 4. The molecule has 3 aromatic carbocycles. The average Bonchev–Trinajstić information content (AvgIpc) is 3.34. The first-order valence-electron chi connectivity index (χ1n) is 10.2. The Morgan fingerprint density at radius 2 is 1.82 bits per heavy atom. The van der Waals surface area contributed by atoms with Gasteiger partial charge in [-0.15, -0.1) is 0 Å². The Bertz CT molecular complexity index is 1460. The van der Waals surface area contributed by atoms with Gasteiger partial charge in [-0.25, -0.2) is 22.2 Å². The Balaban J connectivity index is 1.50. The highest BCUT2D eigenvalue weighted by atomic mass is 32.2. The maximum atomic E-state index is 14.5. The number of amides is 1. The smallest absolute Gasteiger partial charge is 0.262 e. The molecule has 2 N–H and O–H groups in total. The summed E-state index contributed by atoms with van der Waals surface area (Å²) in [6.07, 6.45) is 4.63. The number of hydrogen-bond donors (Lipinski definition) is 2. The van der Waals surface area contributed by atoms with Crippen molar-refractivity contribution in [2.75, 3.05) is 4.72 Å². The van der Waals surface area contributed by atoms with Crippen LogP contribution in [-0.2, 0) is 16.6 Å². The summed E-state index contributed by atoms with van der Waals surface area (Å²) in [6, 6.07) is 14.0. The lowest BCUT2D eigenvalue weighted by Crippen LogP contribution is -2.24. The molecule has 0 fully saturated rings. The predicted octanol–water partition coefficient (Wildman–Crippen LogP) is 4.19. The maximum Gasteiger partial charge on any atom is 0.262 e. The Hall–Kier alpha value is -4.05. The molecule has 0 aliphatic heterocycles. The van der Waals surface area contributed by atoms with Gasteiger partial charge in [-0.2, -0.15) is 0 Å². The van der Waals surface area contributed by atoms with Crippen molar-refractivity contribution in [3.63, 3.8) is 0 Å². The molecule has 0 radical (unpaired) electrons. The first-order valence-corrected chi connectivity index (χ1v) is 11.7. The van der Waals surface area contributed by atoms with E-state index in [2.05, 4.69) is 15.0 Å². The minimum Gasteiger partial charge on any atom is -0.348 e. The number of sulfonamides is 1. The fourth-order valence-electron chi connectivity index (χ4n) is 3.31. The van der Waals surface area contributed by atoms with Gasteiger partial charge in [0, 0.05) is 24.5 Å². The van der Waals surface area contributed by atoms with Gasteiger partial charge in [0.25, 0.3) is 15.9 Å². The van der Waals surface area contributed by atoms with Crippen molar-refractivity contribution in [2.45, 2.75) is 18.4 Å². The molecule has 0 aliphatic carbocycles. The second-order valence-corrected chi connectivity index (χ2v) is 9.18. The quantitative estimate of drug-likeness (QED) is 0.413. The Morgan fingerprint density at radius 3 is 2.53 bits per heavy atom. The van der Waals surface area contributed by atoms with Crippen LogP contribution < -0.4 is 10.0 Å². The van der Waals surface area contributed by atoms with Gasteiger partial charge in [0.05, 0.1) is 22.6 Å². The number of aryl methyl sites for hydroxylation is 1. The number of para-hydroxylation sites is 1. The number of halogens is 2. The van der Waals surface area contributed by atoms with Crippen LogP contribution in [0.25, 0.3) is 5.69 Å². The molecular weight excluding hydrogens is 462 g/mol. The van der Waals surface area contributed by atoms with E-state index in [9.17, 15) is 22.0 Å². The lowest BCUT2D eigenvalue weighted by molar-refractivity contribution is 0.0950. The zero-order valence-electron chi connectivity index (χ0n) is 18.0. The summed E-state index contributed by atoms with van der Waals surface area (Å²) < 4.78 is 57.5. The van der Waals surface area contributed by atoms with E-state index >= 15 is 0 Å². The van der Waals surface area contributed by atoms with Crippen LogP contribution >= 0.6 is 0 Å². The number of nitrogens with zero attached hydrogens (tertiary/aromatic N) is 2. The second kappa shape index (κ2) is 9.44. The van der Waals surface area contributed by atoms with Gasteiger partial charge in [-0.3, -0.25) is 9.52 Å². The normalized spacial score (nSPS) is 11.3. The van der Waals surface area contributed by atoms with E-state index in [1.54, 1.807) is 25.3 Å². The van der Waals surface area contributed by atoms with Crippen molar-refractivity contribution in [1.82, 2.24) is 14.9 Å². The third-order valence-electron chi connectivity index (χ3n) is 5.13. The van der Waals surface area contributed by atoms with Gasteiger partial charge in [-0.05, 0) is 54.4 Å². The standard InChI is InChI=1S/C24H20F2N4O3S/c1-16-6-8-18(34(32,33)29-22-5-3-2-4-20(22)25)13-19(16)24(31)28-14-17-7-9-23(21(26)12-17)30-11-10-27-15-30/h2-13,15,29H,14H2,1H3,(H,28,31). The van der Waals surface area contributed by atoms with Crippen molar-refractivity contribution in [3.05, 3.63) is 108 Å². The highest BCUT2D eigenvalue weighted by Gasteiger charge is 2.19. The minimum atomic E-state index is -4.13. The van der Waals surface area contributed by atoms with Gasteiger partial charge in [0.15, 0.2) is 0 Å². The van der Waals surface area contributed by atoms with E-state index < -0.39 is 27.6 Å². The molecule has 0 spiro atoms. The number of nitrogens with one attached hydrogen (secondary N) is 2. The molecule has 4 rings (SSSR count). The number of imidazole rings is 1. The summed E-state index contributed by atoms with van der Waals surface area (Å²) in [5.41, 5.74) is 1.33. The molecule has 7 nitrogen and oxygen atoms in total. The van der Waals surface area contributed by atoms with Crippen LogP contribution in [-0.4, -0.2) is 23.9 Å². The van der Waals surface area contributed by atoms with E-state index in [0.717, 1.165) is 6.07 Å². The van der Waals surface area contributed by atoms with Gasteiger partial charge in [-0.1, -0.05) is 24.3 Å². The third kappa shape index (κ3) is 4.96. The summed E-state index contributed by atoms with van der Waals surface area (Å²) in [5, 5.41) is 2.68. The van der Waals surface area contributed by atoms with E-state index in [1.165, 1.54) is 59.6 Å². The number of benzene rings is 3. The van der Waals surface area contributed by atoms with Crippen LogP contribution in [0.3, 0.4) is 0 Å². The monoisotopic (exact) mass is 482 g/mol. The molecule has 174 valence electrons. The van der Waals surface area contributed by atoms with Crippen molar-refractivity contribution in [3.8, 4) is 5.69 Å². The molecule has 0 bridgehead atoms. The van der Waals surface area contributed by atoms with Crippen LogP contribution in [0, 0.1) is 18.6 Å². The lowest BCUT2D eigenvalue weighted by atomic mass is 10.1. The zero-order chi connectivity index (χ0) is 24.3. The van der Waals surface area contributed by atoms with Crippen molar-refractivity contribution in [2.24, 2.45) is 0 Å². The summed E-state index contributed by atoms with van der Waals surface area (Å²) >= 11 is 0. The Kier molecular flexibility index (Phi) is 6.42. The van der Waals surface area contributed by atoms with Gasteiger partial charge in [0.2, 0.25) is 0 Å². The predicted molar refractivity (Wildman–Crippen MR) is 123 cm³/mol. The van der Waals surface area contributed by atoms with E-state index in [-0.39, 0.29) is 22.7 Å². The number of anilines is 1. The van der Waals surface area contributed by atoms with Crippen LogP contribution in [0.5, 0.6) is 0 Å². The van der Waals surface area contributed by atoms with E-state index in [4.69, 9.17) is 0 Å². The molecule has 34 heavy (non-hydrogen) atoms. The molecular formula is C24H20F2N4O3S. The summed E-state index contributed by atoms with van der Waals surface area (Å²) in [6.45, 7) is 1.69. The van der Waals surface area contributed by atoms with Crippen molar-refractivity contribution >= 4 is 21.6 Å². The second-order valence-electron chi connectivity index (χ2n) is 7.50. The average molecular weight is 483 g/mol. The number of rotatable bonds is 7. The fourth-order valence-corrected chi connectivity index (χ4v) is 4.40. The molecule has 0 unspecified atom stereocenters. The fraction of sp³-hybridized carbons (Fsp3) is 0.0833. The largest absolute Gasteiger partial charge is 0.348 e. The highest BCUT2D eigenvalue weighted by Crippen LogP contribution is 2.21.